The normalized spacial score (nSPS) is 35.2. The van der Waals surface area contributed by atoms with Crippen LogP contribution in [-0.4, -0.2) is 46.5 Å². The summed E-state index contributed by atoms with van der Waals surface area (Å²) >= 11 is 0. The van der Waals surface area contributed by atoms with Gasteiger partial charge in [0.15, 0.2) is 12.1 Å². The molecule has 1 amide bonds. The van der Waals surface area contributed by atoms with Gasteiger partial charge in [0.05, 0.1) is 29.9 Å². The number of hydrogen-bond acceptors (Lipinski definition) is 7. The van der Waals surface area contributed by atoms with Crippen LogP contribution in [-0.2, 0) is 19.1 Å². The van der Waals surface area contributed by atoms with Crippen molar-refractivity contribution in [3.63, 3.8) is 0 Å². The smallest absolute Gasteiger partial charge is 0.235 e. The number of aromatic hydroxyl groups is 1. The molecule has 0 aromatic heterocycles. The van der Waals surface area contributed by atoms with Gasteiger partial charge in [-0.15, -0.1) is 0 Å². The molecule has 0 radical (unpaired) electrons. The number of aliphatic hydroxyl groups is 1. The fourth-order valence-electron chi connectivity index (χ4n) is 4.89. The molecular weight excluding hydrogens is 438 g/mol. The molecule has 184 valence electrons. The quantitative estimate of drug-likeness (QED) is 0.444. The fraction of sp³-hybridized carbons (Fsp3) is 0.538. The lowest BCUT2D eigenvalue weighted by molar-refractivity contribution is -0.247. The first-order chi connectivity index (χ1) is 16.1. The zero-order valence-electron chi connectivity index (χ0n) is 20.2. The molecule has 0 saturated carbocycles. The summed E-state index contributed by atoms with van der Waals surface area (Å²) in [5, 5.41) is 23.3. The highest BCUT2D eigenvalue weighted by atomic mass is 16.7. The minimum Gasteiger partial charge on any atom is -0.508 e. The molecule has 1 aromatic carbocycles. The third-order valence-electron chi connectivity index (χ3n) is 6.99. The number of phenolic OH excluding ortho intramolecular Hbond substituents is 1. The van der Waals surface area contributed by atoms with E-state index in [4.69, 9.17) is 14.2 Å². The number of fused-ring (bicyclic) bond motifs is 1. The van der Waals surface area contributed by atoms with Crippen LogP contribution in [0.25, 0.3) is 0 Å². The molecule has 34 heavy (non-hydrogen) atoms. The summed E-state index contributed by atoms with van der Waals surface area (Å²) in [6.45, 7) is 9.02. The van der Waals surface area contributed by atoms with Gasteiger partial charge in [-0.1, -0.05) is 13.0 Å². The van der Waals surface area contributed by atoms with E-state index in [9.17, 15) is 19.8 Å². The number of allylic oxidation sites excluding steroid dienone is 3. The Kier molecular flexibility index (Phi) is 6.85. The molecule has 4 rings (SSSR count). The Morgan fingerprint density at radius 1 is 1.18 bits per heavy atom. The molecule has 0 unspecified atom stereocenters. The highest BCUT2D eigenvalue weighted by molar-refractivity contribution is 6.14. The maximum Gasteiger partial charge on any atom is 0.235 e. The number of amides is 1. The molecule has 3 N–H and O–H groups in total. The lowest BCUT2D eigenvalue weighted by Crippen LogP contribution is -2.42. The lowest BCUT2D eigenvalue weighted by Gasteiger charge is -2.42. The van der Waals surface area contributed by atoms with Crippen molar-refractivity contribution in [2.45, 2.75) is 78.2 Å². The molecule has 1 saturated heterocycles. The van der Waals surface area contributed by atoms with E-state index >= 15 is 0 Å². The number of hydrogen-bond donors (Lipinski definition) is 3. The number of phenols is 1. The Labute approximate surface area is 199 Å². The zero-order chi connectivity index (χ0) is 24.7. The predicted molar refractivity (Wildman–Crippen MR) is 125 cm³/mol. The molecule has 1 fully saturated rings. The first-order valence-corrected chi connectivity index (χ1v) is 11.8. The average Bonchev–Trinajstić information content (AvgIpc) is 2.80. The maximum absolute atomic E-state index is 13.0. The number of nitrogens with one attached hydrogen (secondary N) is 1. The molecule has 0 spiro atoms. The van der Waals surface area contributed by atoms with Crippen molar-refractivity contribution < 1.29 is 34.0 Å². The van der Waals surface area contributed by atoms with E-state index < -0.39 is 36.4 Å². The van der Waals surface area contributed by atoms with E-state index in [2.05, 4.69) is 5.32 Å². The van der Waals surface area contributed by atoms with Gasteiger partial charge in [-0.2, -0.15) is 0 Å². The van der Waals surface area contributed by atoms with Gasteiger partial charge in [-0.3, -0.25) is 9.59 Å². The molecule has 1 aromatic rings. The monoisotopic (exact) mass is 471 g/mol. The largest absolute Gasteiger partial charge is 0.508 e. The molecule has 8 heteroatoms. The minimum atomic E-state index is -0.917. The summed E-state index contributed by atoms with van der Waals surface area (Å²) in [6, 6.07) is 3.00. The van der Waals surface area contributed by atoms with Gasteiger partial charge in [-0.05, 0) is 51.8 Å². The first-order valence-electron chi connectivity index (χ1n) is 11.8. The second-order valence-electron chi connectivity index (χ2n) is 9.49. The number of aliphatic hydroxyl groups excluding tert-OH is 1. The van der Waals surface area contributed by atoms with Crippen molar-refractivity contribution >= 4 is 17.4 Å². The summed E-state index contributed by atoms with van der Waals surface area (Å²) in [4.78, 5) is 25.9. The molecular formula is C26H33NO7. The topological polar surface area (TPSA) is 114 Å². The van der Waals surface area contributed by atoms with Crippen molar-refractivity contribution in [2.24, 2.45) is 11.8 Å². The van der Waals surface area contributed by atoms with E-state index in [-0.39, 0.29) is 29.2 Å². The summed E-state index contributed by atoms with van der Waals surface area (Å²) < 4.78 is 18.7. The summed E-state index contributed by atoms with van der Waals surface area (Å²) in [5.74, 6) is -1.55. The van der Waals surface area contributed by atoms with E-state index in [0.29, 0.717) is 29.7 Å². The molecule has 3 aliphatic heterocycles. The van der Waals surface area contributed by atoms with Crippen LogP contribution in [0.1, 0.15) is 59.1 Å². The Balaban J connectivity index is 1.81. The van der Waals surface area contributed by atoms with Crippen molar-refractivity contribution in [1.29, 1.82) is 0 Å². The SMILES string of the molecule is CC=C1C=C(C)[C@H]2Oc3c(cc(O)cc3[C@@H](O[C@@H]3CC[C@@H](O)[C@@H](C)O3)[C@@H]2C)NC(=O)[C@H](C)C1=O. The second kappa shape index (κ2) is 9.52. The molecule has 7 atom stereocenters. The van der Waals surface area contributed by atoms with Crippen molar-refractivity contribution in [1.82, 2.24) is 0 Å². The van der Waals surface area contributed by atoms with Crippen LogP contribution < -0.4 is 10.1 Å². The lowest BCUT2D eigenvalue weighted by atomic mass is 9.84. The standard InChI is InChI=1S/C26H33NO7/c1-6-16-9-12(2)23-14(4)24(33-21-8-7-20(29)15(5)32-21)18-10-17(28)11-19(25(18)34-23)27-26(31)13(3)22(16)30/h6,9-11,13-15,20-21,23-24,28-29H,7-8H2,1-5H3,(H,27,31)/t13-,14-,15-,20-,21-,23-,24+/m1/s1. The highest BCUT2D eigenvalue weighted by Crippen LogP contribution is 2.49. The van der Waals surface area contributed by atoms with Crippen LogP contribution in [0, 0.1) is 11.8 Å². The number of ether oxygens (including phenoxy) is 3. The van der Waals surface area contributed by atoms with Crippen molar-refractivity contribution in [2.75, 3.05) is 5.32 Å². The minimum absolute atomic E-state index is 0.0551. The molecule has 2 bridgehead atoms. The van der Waals surface area contributed by atoms with E-state index in [1.54, 1.807) is 32.1 Å². The highest BCUT2D eigenvalue weighted by Gasteiger charge is 2.42. The van der Waals surface area contributed by atoms with E-state index in [1.165, 1.54) is 6.07 Å². The van der Waals surface area contributed by atoms with Crippen LogP contribution in [0.3, 0.4) is 0 Å². The third-order valence-corrected chi connectivity index (χ3v) is 6.99. The number of carbonyl (C=O) groups is 2. The Hall–Kier alpha value is -2.68. The molecule has 0 aliphatic carbocycles. The fourth-order valence-corrected chi connectivity index (χ4v) is 4.89. The number of carbonyl (C=O) groups excluding carboxylic acids is 2. The van der Waals surface area contributed by atoms with Crippen LogP contribution in [0.2, 0.25) is 0 Å². The van der Waals surface area contributed by atoms with Crippen molar-refractivity contribution in [3.05, 3.63) is 41.0 Å². The van der Waals surface area contributed by atoms with Crippen molar-refractivity contribution in [3.8, 4) is 11.5 Å². The zero-order valence-corrected chi connectivity index (χ0v) is 20.2. The Bertz CT molecular complexity index is 1050. The predicted octanol–water partition coefficient (Wildman–Crippen LogP) is 3.78. The van der Waals surface area contributed by atoms with E-state index in [0.717, 1.165) is 5.57 Å². The maximum atomic E-state index is 13.0. The second-order valence-corrected chi connectivity index (χ2v) is 9.49. The van der Waals surface area contributed by atoms with Gasteiger partial charge in [0.1, 0.15) is 17.6 Å². The summed E-state index contributed by atoms with van der Waals surface area (Å²) in [5.41, 5.74) is 2.14. The van der Waals surface area contributed by atoms with Gasteiger partial charge in [-0.25, -0.2) is 0 Å². The molecule has 3 heterocycles. The first kappa shape index (κ1) is 24.4. The Morgan fingerprint density at radius 2 is 1.91 bits per heavy atom. The van der Waals surface area contributed by atoms with Crippen LogP contribution >= 0.6 is 0 Å². The van der Waals surface area contributed by atoms with Crippen LogP contribution in [0.15, 0.2) is 35.4 Å². The number of rotatable bonds is 2. The molecule has 3 aliphatic rings. The Morgan fingerprint density at radius 3 is 2.59 bits per heavy atom. The van der Waals surface area contributed by atoms with E-state index in [1.807, 2.05) is 20.8 Å². The van der Waals surface area contributed by atoms with Gasteiger partial charge < -0.3 is 29.7 Å². The third kappa shape index (κ3) is 4.50. The number of anilines is 1. The van der Waals surface area contributed by atoms with Gasteiger partial charge in [0, 0.05) is 29.5 Å². The average molecular weight is 472 g/mol. The molecule has 8 nitrogen and oxygen atoms in total. The number of Topliss-reactive ketones (excluding diaryl/α,β-unsaturated/α-hetero) is 1. The summed E-state index contributed by atoms with van der Waals surface area (Å²) in [7, 11) is 0. The number of benzene rings is 1. The van der Waals surface area contributed by atoms with Crippen LogP contribution in [0.4, 0.5) is 5.69 Å². The van der Waals surface area contributed by atoms with Crippen LogP contribution in [0.5, 0.6) is 11.5 Å². The van der Waals surface area contributed by atoms with Gasteiger partial charge in [0.2, 0.25) is 5.91 Å². The van der Waals surface area contributed by atoms with Gasteiger partial charge in [0.25, 0.3) is 0 Å². The van der Waals surface area contributed by atoms with Gasteiger partial charge >= 0.3 is 0 Å². The number of ketones is 1. The summed E-state index contributed by atoms with van der Waals surface area (Å²) in [6.07, 6.45) is 2.16.